The molecule has 1 aliphatic rings. The molecule has 5 nitrogen and oxygen atoms in total. The molecular weight excluding hydrogens is 318 g/mol. The zero-order chi connectivity index (χ0) is 17.8. The van der Waals surface area contributed by atoms with E-state index in [-0.39, 0.29) is 18.2 Å². The molecule has 1 unspecified atom stereocenters. The molecule has 1 amide bonds. The second-order valence-corrected chi connectivity index (χ2v) is 6.05. The number of anilines is 1. The number of amides is 1. The maximum atomic E-state index is 13.0. The number of carbonyl (C=O) groups excluding carboxylic acids is 2. The van der Waals surface area contributed by atoms with Crippen molar-refractivity contribution < 1.29 is 19.1 Å². The second kappa shape index (κ2) is 7.38. The molecule has 0 saturated heterocycles. The maximum Gasteiger partial charge on any atom is 0.328 e. The summed E-state index contributed by atoms with van der Waals surface area (Å²) in [5, 5.41) is 0. The summed E-state index contributed by atoms with van der Waals surface area (Å²) in [7, 11) is 1.33. The van der Waals surface area contributed by atoms with Crippen molar-refractivity contribution in [3.05, 3.63) is 60.2 Å². The highest BCUT2D eigenvalue weighted by molar-refractivity contribution is 5.99. The number of benzene rings is 2. The van der Waals surface area contributed by atoms with E-state index in [0.717, 1.165) is 11.3 Å². The third-order valence-electron chi connectivity index (χ3n) is 4.45. The van der Waals surface area contributed by atoms with Crippen molar-refractivity contribution in [3.63, 3.8) is 0 Å². The molecule has 0 spiro atoms. The number of carbonyl (C=O) groups is 2. The van der Waals surface area contributed by atoms with E-state index in [0.29, 0.717) is 12.3 Å². The lowest BCUT2D eigenvalue weighted by Gasteiger charge is -2.28. The number of esters is 1. The first-order valence-corrected chi connectivity index (χ1v) is 8.28. The first-order valence-electron chi connectivity index (χ1n) is 8.28. The number of hydrogen-bond donors (Lipinski definition) is 0. The molecule has 1 heterocycles. The Morgan fingerprint density at radius 2 is 1.84 bits per heavy atom. The molecule has 0 aliphatic carbocycles. The standard InChI is InChI=1S/C20H21NO4/c1-14(20(23)24-2)21(16-8-4-3-5-9-16)19(22)12-15-13-25-18-11-7-6-10-17(15)18/h3-11,14-15H,12-13H2,1-2H3/t14-,15?/m0/s1. The Balaban J connectivity index is 1.84. The van der Waals surface area contributed by atoms with Crippen LogP contribution in [0.25, 0.3) is 0 Å². The van der Waals surface area contributed by atoms with Crippen LogP contribution in [-0.4, -0.2) is 31.6 Å². The van der Waals surface area contributed by atoms with Gasteiger partial charge in [0, 0.05) is 23.6 Å². The number of para-hydroxylation sites is 2. The van der Waals surface area contributed by atoms with Crippen LogP contribution in [0, 0.1) is 0 Å². The van der Waals surface area contributed by atoms with Crippen LogP contribution in [0.4, 0.5) is 5.69 Å². The Hall–Kier alpha value is -2.82. The molecule has 5 heteroatoms. The van der Waals surface area contributed by atoms with Gasteiger partial charge in [0.1, 0.15) is 11.8 Å². The number of methoxy groups -OCH3 is 1. The fraction of sp³-hybridized carbons (Fsp3) is 0.300. The van der Waals surface area contributed by atoms with E-state index >= 15 is 0 Å². The van der Waals surface area contributed by atoms with Gasteiger partial charge in [-0.15, -0.1) is 0 Å². The number of fused-ring (bicyclic) bond motifs is 1. The van der Waals surface area contributed by atoms with E-state index in [9.17, 15) is 9.59 Å². The van der Waals surface area contributed by atoms with Crippen LogP contribution in [0.2, 0.25) is 0 Å². The fourth-order valence-corrected chi connectivity index (χ4v) is 3.16. The lowest BCUT2D eigenvalue weighted by atomic mass is 9.97. The van der Waals surface area contributed by atoms with E-state index < -0.39 is 12.0 Å². The van der Waals surface area contributed by atoms with Crippen LogP contribution in [-0.2, 0) is 14.3 Å². The Kier molecular flexibility index (Phi) is 5.03. The average molecular weight is 339 g/mol. The van der Waals surface area contributed by atoms with E-state index in [2.05, 4.69) is 0 Å². The highest BCUT2D eigenvalue weighted by Crippen LogP contribution is 2.36. The maximum absolute atomic E-state index is 13.0. The highest BCUT2D eigenvalue weighted by atomic mass is 16.5. The molecule has 3 rings (SSSR count). The Labute approximate surface area is 147 Å². The number of nitrogens with zero attached hydrogens (tertiary/aromatic N) is 1. The molecular formula is C20H21NO4. The van der Waals surface area contributed by atoms with Gasteiger partial charge in [0.15, 0.2) is 0 Å². The van der Waals surface area contributed by atoms with Gasteiger partial charge in [-0.1, -0.05) is 36.4 Å². The summed E-state index contributed by atoms with van der Waals surface area (Å²) < 4.78 is 10.5. The molecule has 1 aliphatic heterocycles. The monoisotopic (exact) mass is 339 g/mol. The zero-order valence-corrected chi connectivity index (χ0v) is 14.3. The number of hydrogen-bond acceptors (Lipinski definition) is 4. The molecule has 0 saturated carbocycles. The summed E-state index contributed by atoms with van der Waals surface area (Å²) in [6.45, 7) is 2.15. The third kappa shape index (κ3) is 3.50. The van der Waals surface area contributed by atoms with Crippen molar-refractivity contribution in [2.75, 3.05) is 18.6 Å². The van der Waals surface area contributed by atoms with Crippen LogP contribution >= 0.6 is 0 Å². The van der Waals surface area contributed by atoms with Gasteiger partial charge in [0.05, 0.1) is 13.7 Å². The van der Waals surface area contributed by atoms with Crippen LogP contribution < -0.4 is 9.64 Å². The van der Waals surface area contributed by atoms with Gasteiger partial charge in [-0.3, -0.25) is 9.69 Å². The first-order chi connectivity index (χ1) is 12.1. The molecule has 2 atom stereocenters. The Morgan fingerprint density at radius 3 is 2.56 bits per heavy atom. The first kappa shape index (κ1) is 17.0. The van der Waals surface area contributed by atoms with Crippen LogP contribution in [0.1, 0.15) is 24.8 Å². The molecule has 25 heavy (non-hydrogen) atoms. The predicted molar refractivity (Wildman–Crippen MR) is 94.7 cm³/mol. The smallest absolute Gasteiger partial charge is 0.328 e. The van der Waals surface area contributed by atoms with Crippen LogP contribution in [0.15, 0.2) is 54.6 Å². The van der Waals surface area contributed by atoms with Gasteiger partial charge in [0.2, 0.25) is 5.91 Å². The SMILES string of the molecule is COC(=O)[C@H](C)N(C(=O)CC1COc2ccccc21)c1ccccc1. The Morgan fingerprint density at radius 1 is 1.16 bits per heavy atom. The van der Waals surface area contributed by atoms with Gasteiger partial charge < -0.3 is 9.47 Å². The van der Waals surface area contributed by atoms with Gasteiger partial charge in [-0.05, 0) is 25.1 Å². The van der Waals surface area contributed by atoms with E-state index in [1.54, 1.807) is 6.92 Å². The third-order valence-corrected chi connectivity index (χ3v) is 4.45. The molecule has 2 aromatic carbocycles. The zero-order valence-electron chi connectivity index (χ0n) is 14.3. The van der Waals surface area contributed by atoms with Gasteiger partial charge in [-0.2, -0.15) is 0 Å². The average Bonchev–Trinajstić information content (AvgIpc) is 3.05. The van der Waals surface area contributed by atoms with Gasteiger partial charge in [0.25, 0.3) is 0 Å². The van der Waals surface area contributed by atoms with E-state index in [1.807, 2.05) is 54.6 Å². The summed E-state index contributed by atoms with van der Waals surface area (Å²) in [5.74, 6) is 0.238. The van der Waals surface area contributed by atoms with E-state index in [1.165, 1.54) is 12.0 Å². The quantitative estimate of drug-likeness (QED) is 0.785. The molecule has 0 bridgehead atoms. The summed E-state index contributed by atoms with van der Waals surface area (Å²) in [6.07, 6.45) is 0.271. The minimum atomic E-state index is -0.697. The topological polar surface area (TPSA) is 55.8 Å². The molecule has 0 fully saturated rings. The fourth-order valence-electron chi connectivity index (χ4n) is 3.16. The molecule has 0 radical (unpaired) electrons. The highest BCUT2D eigenvalue weighted by Gasteiger charge is 2.32. The van der Waals surface area contributed by atoms with Crippen molar-refractivity contribution in [2.45, 2.75) is 25.3 Å². The summed E-state index contributed by atoms with van der Waals surface area (Å²) >= 11 is 0. The van der Waals surface area contributed by atoms with Crippen molar-refractivity contribution in [1.82, 2.24) is 0 Å². The van der Waals surface area contributed by atoms with Gasteiger partial charge >= 0.3 is 5.97 Å². The second-order valence-electron chi connectivity index (χ2n) is 6.05. The van der Waals surface area contributed by atoms with Crippen LogP contribution in [0.5, 0.6) is 5.75 Å². The lowest BCUT2D eigenvalue weighted by molar-refractivity contribution is -0.143. The number of ether oxygens (including phenoxy) is 2. The molecule has 2 aromatic rings. The minimum absolute atomic E-state index is 0.0141. The van der Waals surface area contributed by atoms with Gasteiger partial charge in [-0.25, -0.2) is 4.79 Å². The van der Waals surface area contributed by atoms with Crippen molar-refractivity contribution in [2.24, 2.45) is 0 Å². The summed E-state index contributed by atoms with van der Waals surface area (Å²) in [6, 6.07) is 16.2. The van der Waals surface area contributed by atoms with Crippen molar-refractivity contribution >= 4 is 17.6 Å². The lowest BCUT2D eigenvalue weighted by Crippen LogP contribution is -2.44. The Bertz CT molecular complexity index is 759. The molecule has 130 valence electrons. The van der Waals surface area contributed by atoms with E-state index in [4.69, 9.17) is 9.47 Å². The largest absolute Gasteiger partial charge is 0.493 e. The summed E-state index contributed by atoms with van der Waals surface area (Å²) in [5.41, 5.74) is 1.71. The van der Waals surface area contributed by atoms with Crippen molar-refractivity contribution in [3.8, 4) is 5.75 Å². The molecule has 0 aromatic heterocycles. The molecule has 0 N–H and O–H groups in total. The van der Waals surface area contributed by atoms with Crippen molar-refractivity contribution in [1.29, 1.82) is 0 Å². The van der Waals surface area contributed by atoms with Crippen LogP contribution in [0.3, 0.4) is 0 Å². The number of rotatable bonds is 5. The predicted octanol–water partition coefficient (Wildman–Crippen LogP) is 3.15. The normalized spacial score (nSPS) is 16.5. The minimum Gasteiger partial charge on any atom is -0.493 e. The summed E-state index contributed by atoms with van der Waals surface area (Å²) in [4.78, 5) is 26.6.